The molecule has 0 spiro atoms. The molecule has 0 atom stereocenters. The number of thiophene rings is 4. The third-order valence-corrected chi connectivity index (χ3v) is 7.53. The Balaban J connectivity index is 1.68. The summed E-state index contributed by atoms with van der Waals surface area (Å²) < 4.78 is 5.80. The molecule has 0 nitrogen and oxygen atoms in total. The Morgan fingerprint density at radius 3 is 1.47 bits per heavy atom. The average molecular weight is 321 g/mol. The minimum Gasteiger partial charge on any atom is -0.140 e. The van der Waals surface area contributed by atoms with Crippen LogP contribution in [-0.4, -0.2) is 0 Å². The van der Waals surface area contributed by atoms with Gasteiger partial charge in [0.1, 0.15) is 0 Å². The third kappa shape index (κ3) is 2.17. The van der Waals surface area contributed by atoms with E-state index in [9.17, 15) is 0 Å². The Labute approximate surface area is 128 Å². The fourth-order valence-corrected chi connectivity index (χ4v) is 7.18. The first kappa shape index (κ1) is 12.1. The van der Waals surface area contributed by atoms with Gasteiger partial charge in [-0.1, -0.05) is 0 Å². The number of fused-ring (bicyclic) bond motifs is 2. The lowest BCUT2D eigenvalue weighted by Gasteiger charge is -1.91. The fraction of sp³-hybridized carbons (Fsp3) is 0.200. The van der Waals surface area contributed by atoms with Gasteiger partial charge < -0.3 is 0 Å². The van der Waals surface area contributed by atoms with Crippen LogP contribution in [0.15, 0.2) is 24.3 Å². The SMILES string of the molecule is Cc1cc2sc(Cc3cc4sc(C)cc4s3)cc2s1. The molecule has 4 heterocycles. The Kier molecular flexibility index (Phi) is 2.81. The quantitative estimate of drug-likeness (QED) is 0.398. The molecular formula is C15H12S4. The smallest absolute Gasteiger partial charge is 0.0456 e. The zero-order valence-corrected chi connectivity index (χ0v) is 13.9. The van der Waals surface area contributed by atoms with Crippen LogP contribution in [0.5, 0.6) is 0 Å². The summed E-state index contributed by atoms with van der Waals surface area (Å²) in [6, 6.07) is 9.36. The van der Waals surface area contributed by atoms with Gasteiger partial charge in [-0.2, -0.15) is 0 Å². The molecule has 4 rings (SSSR count). The topological polar surface area (TPSA) is 0 Å². The predicted molar refractivity (Wildman–Crippen MR) is 91.7 cm³/mol. The van der Waals surface area contributed by atoms with E-state index in [2.05, 4.69) is 38.1 Å². The first-order valence-corrected chi connectivity index (χ1v) is 9.42. The molecule has 0 N–H and O–H groups in total. The largest absolute Gasteiger partial charge is 0.140 e. The van der Waals surface area contributed by atoms with E-state index < -0.39 is 0 Å². The molecule has 0 radical (unpaired) electrons. The summed E-state index contributed by atoms with van der Waals surface area (Å²) in [6.07, 6.45) is 1.09. The Bertz CT molecular complexity index is 733. The van der Waals surface area contributed by atoms with Gasteiger partial charge in [0.2, 0.25) is 0 Å². The van der Waals surface area contributed by atoms with Gasteiger partial charge in [-0.15, -0.1) is 45.3 Å². The minimum atomic E-state index is 1.09. The standard InChI is InChI=1S/C15H12S4/c1-8-3-12-14(16-8)6-10(18-12)5-11-7-15-13(19-11)4-9(2)17-15/h3-4,6-7H,5H2,1-2H3. The molecule has 0 aliphatic heterocycles. The van der Waals surface area contributed by atoms with Gasteiger partial charge in [-0.05, 0) is 38.1 Å². The molecule has 4 heteroatoms. The molecule has 0 amide bonds. The van der Waals surface area contributed by atoms with E-state index in [1.807, 2.05) is 45.3 Å². The highest BCUT2D eigenvalue weighted by atomic mass is 32.1. The Morgan fingerprint density at radius 2 is 1.05 bits per heavy atom. The highest BCUT2D eigenvalue weighted by Crippen LogP contribution is 2.37. The van der Waals surface area contributed by atoms with Gasteiger partial charge in [0.15, 0.2) is 0 Å². The van der Waals surface area contributed by atoms with E-state index in [0.717, 1.165) is 6.42 Å². The Hall–Kier alpha value is -0.680. The van der Waals surface area contributed by atoms with Crippen molar-refractivity contribution in [2.45, 2.75) is 20.3 Å². The lowest BCUT2D eigenvalue weighted by molar-refractivity contribution is 1.31. The van der Waals surface area contributed by atoms with Crippen molar-refractivity contribution in [2.24, 2.45) is 0 Å². The van der Waals surface area contributed by atoms with Gasteiger partial charge in [-0.3, -0.25) is 0 Å². The molecule has 96 valence electrons. The summed E-state index contributed by atoms with van der Waals surface area (Å²) in [4.78, 5) is 5.82. The van der Waals surface area contributed by atoms with Crippen LogP contribution in [0.4, 0.5) is 0 Å². The molecule has 0 unspecified atom stereocenters. The number of hydrogen-bond donors (Lipinski definition) is 0. The molecule has 0 bridgehead atoms. The molecule has 19 heavy (non-hydrogen) atoms. The summed E-state index contributed by atoms with van der Waals surface area (Å²) >= 11 is 7.71. The first-order valence-electron chi connectivity index (χ1n) is 6.15. The second kappa shape index (κ2) is 4.42. The number of rotatable bonds is 2. The molecule has 0 aliphatic carbocycles. The molecule has 4 aromatic heterocycles. The summed E-state index contributed by atoms with van der Waals surface area (Å²) in [6.45, 7) is 4.37. The van der Waals surface area contributed by atoms with Crippen molar-refractivity contribution in [2.75, 3.05) is 0 Å². The van der Waals surface area contributed by atoms with Crippen LogP contribution in [0, 0.1) is 13.8 Å². The van der Waals surface area contributed by atoms with Gasteiger partial charge in [0, 0.05) is 44.7 Å². The molecule has 0 aromatic carbocycles. The van der Waals surface area contributed by atoms with Crippen molar-refractivity contribution >= 4 is 64.1 Å². The number of aryl methyl sites for hydroxylation is 2. The van der Waals surface area contributed by atoms with E-state index in [0.29, 0.717) is 0 Å². The predicted octanol–water partition coefficient (Wildman–Crippen LogP) is 6.45. The molecule has 0 saturated carbocycles. The summed E-state index contributed by atoms with van der Waals surface area (Å²) in [5, 5.41) is 0. The van der Waals surface area contributed by atoms with Crippen molar-refractivity contribution in [3.8, 4) is 0 Å². The van der Waals surface area contributed by atoms with Crippen LogP contribution in [0.3, 0.4) is 0 Å². The Morgan fingerprint density at radius 1 is 0.632 bits per heavy atom. The van der Waals surface area contributed by atoms with Crippen LogP contribution in [0.2, 0.25) is 0 Å². The van der Waals surface area contributed by atoms with Gasteiger partial charge in [0.05, 0.1) is 0 Å². The third-order valence-electron chi connectivity index (χ3n) is 3.11. The fourth-order valence-electron chi connectivity index (χ4n) is 2.36. The maximum Gasteiger partial charge on any atom is 0.0456 e. The van der Waals surface area contributed by atoms with Crippen molar-refractivity contribution in [1.82, 2.24) is 0 Å². The lowest BCUT2D eigenvalue weighted by atomic mass is 10.3. The summed E-state index contributed by atoms with van der Waals surface area (Å²) in [5.74, 6) is 0. The van der Waals surface area contributed by atoms with Crippen LogP contribution < -0.4 is 0 Å². The molecule has 4 aromatic rings. The van der Waals surface area contributed by atoms with E-state index in [1.165, 1.54) is 38.3 Å². The monoisotopic (exact) mass is 320 g/mol. The van der Waals surface area contributed by atoms with Crippen molar-refractivity contribution in [3.05, 3.63) is 43.8 Å². The zero-order valence-electron chi connectivity index (χ0n) is 10.6. The second-order valence-electron chi connectivity index (χ2n) is 4.77. The maximum atomic E-state index is 2.37. The van der Waals surface area contributed by atoms with Crippen LogP contribution in [0.1, 0.15) is 19.5 Å². The van der Waals surface area contributed by atoms with Gasteiger partial charge in [0.25, 0.3) is 0 Å². The lowest BCUT2D eigenvalue weighted by Crippen LogP contribution is -1.76. The highest BCUT2D eigenvalue weighted by molar-refractivity contribution is 7.28. The normalized spacial score (nSPS) is 11.9. The van der Waals surface area contributed by atoms with Gasteiger partial charge in [-0.25, -0.2) is 0 Å². The van der Waals surface area contributed by atoms with E-state index in [4.69, 9.17) is 0 Å². The first-order chi connectivity index (χ1) is 9.17. The van der Waals surface area contributed by atoms with Crippen LogP contribution >= 0.6 is 45.3 Å². The number of hydrogen-bond acceptors (Lipinski definition) is 4. The average Bonchev–Trinajstić information content (AvgIpc) is 2.97. The van der Waals surface area contributed by atoms with Crippen molar-refractivity contribution in [1.29, 1.82) is 0 Å². The summed E-state index contributed by atoms with van der Waals surface area (Å²) in [7, 11) is 0. The maximum absolute atomic E-state index is 2.37. The van der Waals surface area contributed by atoms with Crippen molar-refractivity contribution < 1.29 is 0 Å². The summed E-state index contributed by atoms with van der Waals surface area (Å²) in [5.41, 5.74) is 0. The van der Waals surface area contributed by atoms with Crippen LogP contribution in [-0.2, 0) is 6.42 Å². The van der Waals surface area contributed by atoms with Crippen molar-refractivity contribution in [3.63, 3.8) is 0 Å². The second-order valence-corrected chi connectivity index (χ2v) is 9.69. The van der Waals surface area contributed by atoms with Crippen LogP contribution in [0.25, 0.3) is 18.8 Å². The minimum absolute atomic E-state index is 1.09. The highest BCUT2D eigenvalue weighted by Gasteiger charge is 2.09. The molecule has 0 fully saturated rings. The zero-order chi connectivity index (χ0) is 13.0. The van der Waals surface area contributed by atoms with E-state index in [1.54, 1.807) is 0 Å². The molecule has 0 saturated heterocycles. The molecular weight excluding hydrogens is 308 g/mol. The van der Waals surface area contributed by atoms with Gasteiger partial charge >= 0.3 is 0 Å². The van der Waals surface area contributed by atoms with E-state index >= 15 is 0 Å². The van der Waals surface area contributed by atoms with E-state index in [-0.39, 0.29) is 0 Å². The molecule has 0 aliphatic rings.